The van der Waals surface area contributed by atoms with E-state index in [1.54, 1.807) is 6.07 Å². The second-order valence-corrected chi connectivity index (χ2v) is 5.90. The van der Waals surface area contributed by atoms with Gasteiger partial charge in [0.25, 0.3) is 0 Å². The Bertz CT molecular complexity index is 626. The third-order valence-electron chi connectivity index (χ3n) is 3.62. The monoisotopic (exact) mass is 317 g/mol. The molecule has 1 aliphatic rings. The van der Waals surface area contributed by atoms with Gasteiger partial charge in [-0.25, -0.2) is 9.97 Å². The van der Waals surface area contributed by atoms with E-state index in [0.29, 0.717) is 24.2 Å². The molecular formula is C17H20ClN3O. The molecule has 1 N–H and O–H groups in total. The minimum atomic E-state index is 0.497. The summed E-state index contributed by atoms with van der Waals surface area (Å²) in [6, 6.07) is 10.2. The quantitative estimate of drug-likeness (QED) is 0.779. The zero-order chi connectivity index (χ0) is 15.4. The maximum Gasteiger partial charge on any atom is 0.135 e. The van der Waals surface area contributed by atoms with Crippen molar-refractivity contribution in [2.24, 2.45) is 0 Å². The Morgan fingerprint density at radius 3 is 2.59 bits per heavy atom. The molecule has 0 amide bonds. The highest BCUT2D eigenvalue weighted by atomic mass is 35.5. The molecule has 0 spiro atoms. The van der Waals surface area contributed by atoms with Gasteiger partial charge in [-0.3, -0.25) is 0 Å². The summed E-state index contributed by atoms with van der Waals surface area (Å²) in [5.74, 6) is 2.15. The van der Waals surface area contributed by atoms with Gasteiger partial charge in [0.2, 0.25) is 0 Å². The van der Waals surface area contributed by atoms with Crippen molar-refractivity contribution in [1.82, 2.24) is 9.97 Å². The van der Waals surface area contributed by atoms with Crippen molar-refractivity contribution in [3.05, 3.63) is 52.4 Å². The molecule has 0 radical (unpaired) electrons. The number of anilines is 1. The molecule has 1 aromatic heterocycles. The lowest BCUT2D eigenvalue weighted by molar-refractivity contribution is 0.134. The Morgan fingerprint density at radius 2 is 1.91 bits per heavy atom. The summed E-state index contributed by atoms with van der Waals surface area (Å²) in [6.07, 6.45) is 2.34. The summed E-state index contributed by atoms with van der Waals surface area (Å²) in [7, 11) is 0. The molecule has 2 aromatic rings. The first-order chi connectivity index (χ1) is 10.7. The van der Waals surface area contributed by atoms with E-state index in [-0.39, 0.29) is 0 Å². The lowest BCUT2D eigenvalue weighted by atomic mass is 10.1. The summed E-state index contributed by atoms with van der Waals surface area (Å²) in [4.78, 5) is 8.83. The van der Waals surface area contributed by atoms with Crippen molar-refractivity contribution >= 4 is 17.4 Å². The second-order valence-electron chi connectivity index (χ2n) is 5.52. The van der Waals surface area contributed by atoms with Gasteiger partial charge in [-0.05, 0) is 30.9 Å². The SMILES string of the molecule is CCOCc1ccc(CNc2cc(Cl)nc(C3CC3)n2)cc1. The molecule has 0 saturated heterocycles. The number of aromatic nitrogens is 2. The summed E-state index contributed by atoms with van der Waals surface area (Å²) >= 11 is 6.07. The largest absolute Gasteiger partial charge is 0.377 e. The minimum absolute atomic E-state index is 0.497. The first-order valence-electron chi connectivity index (χ1n) is 7.68. The van der Waals surface area contributed by atoms with Crippen LogP contribution in [0, 0.1) is 0 Å². The van der Waals surface area contributed by atoms with Gasteiger partial charge in [0.15, 0.2) is 0 Å². The third-order valence-corrected chi connectivity index (χ3v) is 3.82. The second kappa shape index (κ2) is 7.07. The van der Waals surface area contributed by atoms with E-state index >= 15 is 0 Å². The van der Waals surface area contributed by atoms with Crippen LogP contribution in [0.1, 0.15) is 42.6 Å². The van der Waals surface area contributed by atoms with E-state index in [0.717, 1.165) is 18.2 Å². The van der Waals surface area contributed by atoms with Crippen LogP contribution in [0.25, 0.3) is 0 Å². The number of halogens is 1. The van der Waals surface area contributed by atoms with Gasteiger partial charge >= 0.3 is 0 Å². The lowest BCUT2D eigenvalue weighted by Gasteiger charge is -2.08. The zero-order valence-corrected chi connectivity index (χ0v) is 13.4. The first-order valence-corrected chi connectivity index (χ1v) is 8.06. The fraction of sp³-hybridized carbons (Fsp3) is 0.412. The fourth-order valence-electron chi connectivity index (χ4n) is 2.22. The van der Waals surface area contributed by atoms with E-state index in [2.05, 4.69) is 39.6 Å². The van der Waals surface area contributed by atoms with Crippen LogP contribution < -0.4 is 5.32 Å². The molecule has 3 rings (SSSR count). The smallest absolute Gasteiger partial charge is 0.135 e. The minimum Gasteiger partial charge on any atom is -0.377 e. The highest BCUT2D eigenvalue weighted by Gasteiger charge is 2.27. The van der Waals surface area contributed by atoms with E-state index in [9.17, 15) is 0 Å². The van der Waals surface area contributed by atoms with Crippen molar-refractivity contribution in [3.8, 4) is 0 Å². The number of ether oxygens (including phenoxy) is 1. The Balaban J connectivity index is 1.60. The van der Waals surface area contributed by atoms with Gasteiger partial charge < -0.3 is 10.1 Å². The van der Waals surface area contributed by atoms with Crippen LogP contribution in [0.15, 0.2) is 30.3 Å². The van der Waals surface area contributed by atoms with E-state index in [1.807, 2.05) is 6.92 Å². The zero-order valence-electron chi connectivity index (χ0n) is 12.7. The molecule has 1 saturated carbocycles. The molecule has 0 aliphatic heterocycles. The molecule has 0 bridgehead atoms. The van der Waals surface area contributed by atoms with E-state index in [1.165, 1.54) is 24.0 Å². The van der Waals surface area contributed by atoms with Gasteiger partial charge in [0.1, 0.15) is 16.8 Å². The average Bonchev–Trinajstić information content (AvgIpc) is 3.36. The maximum atomic E-state index is 6.07. The number of nitrogens with one attached hydrogen (secondary N) is 1. The Labute approximate surface area is 135 Å². The molecular weight excluding hydrogens is 298 g/mol. The van der Waals surface area contributed by atoms with Crippen LogP contribution in [0.4, 0.5) is 5.82 Å². The van der Waals surface area contributed by atoms with Crippen LogP contribution in [0.5, 0.6) is 0 Å². The van der Waals surface area contributed by atoms with Crippen LogP contribution in [0.3, 0.4) is 0 Å². The molecule has 1 heterocycles. The molecule has 0 unspecified atom stereocenters. The summed E-state index contributed by atoms with van der Waals surface area (Å²) < 4.78 is 5.40. The van der Waals surface area contributed by atoms with Gasteiger partial charge in [-0.2, -0.15) is 0 Å². The normalized spacial score (nSPS) is 14.1. The van der Waals surface area contributed by atoms with Gasteiger partial charge in [0, 0.05) is 25.1 Å². The molecule has 116 valence electrons. The number of nitrogens with zero attached hydrogens (tertiary/aromatic N) is 2. The predicted molar refractivity (Wildman–Crippen MR) is 88.1 cm³/mol. The number of rotatable bonds is 7. The van der Waals surface area contributed by atoms with Crippen LogP contribution in [-0.2, 0) is 17.9 Å². The summed E-state index contributed by atoms with van der Waals surface area (Å²) in [6.45, 7) is 4.12. The van der Waals surface area contributed by atoms with Crippen molar-refractivity contribution in [3.63, 3.8) is 0 Å². The summed E-state index contributed by atoms with van der Waals surface area (Å²) in [5, 5.41) is 3.83. The van der Waals surface area contributed by atoms with Gasteiger partial charge in [-0.15, -0.1) is 0 Å². The number of hydrogen-bond acceptors (Lipinski definition) is 4. The van der Waals surface area contributed by atoms with Crippen molar-refractivity contribution in [2.75, 3.05) is 11.9 Å². The topological polar surface area (TPSA) is 47.0 Å². The van der Waals surface area contributed by atoms with Crippen LogP contribution in [-0.4, -0.2) is 16.6 Å². The molecule has 5 heteroatoms. The predicted octanol–water partition coefficient (Wildman–Crippen LogP) is 4.16. The highest BCUT2D eigenvalue weighted by Crippen LogP contribution is 2.38. The maximum absolute atomic E-state index is 6.07. The summed E-state index contributed by atoms with van der Waals surface area (Å²) in [5.41, 5.74) is 2.38. The number of benzene rings is 1. The van der Waals surface area contributed by atoms with Gasteiger partial charge in [0.05, 0.1) is 6.61 Å². The average molecular weight is 318 g/mol. The molecule has 22 heavy (non-hydrogen) atoms. The Morgan fingerprint density at radius 1 is 1.18 bits per heavy atom. The Kier molecular flexibility index (Phi) is 4.90. The molecule has 1 fully saturated rings. The number of hydrogen-bond donors (Lipinski definition) is 1. The van der Waals surface area contributed by atoms with Crippen molar-refractivity contribution in [2.45, 2.75) is 38.8 Å². The third kappa shape index (κ3) is 4.18. The Hall–Kier alpha value is -1.65. The molecule has 1 aliphatic carbocycles. The standard InChI is InChI=1S/C17H20ClN3O/c1-2-22-11-13-5-3-12(4-6-13)10-19-16-9-15(18)20-17(21-16)14-7-8-14/h3-6,9,14H,2,7-8,10-11H2,1H3,(H,19,20,21). The highest BCUT2D eigenvalue weighted by molar-refractivity contribution is 6.29. The fourth-order valence-corrected chi connectivity index (χ4v) is 2.41. The van der Waals surface area contributed by atoms with Crippen molar-refractivity contribution < 1.29 is 4.74 Å². The first kappa shape index (κ1) is 15.3. The molecule has 0 atom stereocenters. The van der Waals surface area contributed by atoms with Gasteiger partial charge in [-0.1, -0.05) is 35.9 Å². The van der Waals surface area contributed by atoms with Crippen LogP contribution in [0.2, 0.25) is 5.15 Å². The molecule has 4 nitrogen and oxygen atoms in total. The molecule has 1 aromatic carbocycles. The lowest BCUT2D eigenvalue weighted by Crippen LogP contribution is -2.04. The van der Waals surface area contributed by atoms with E-state index < -0.39 is 0 Å². The van der Waals surface area contributed by atoms with Crippen LogP contribution >= 0.6 is 11.6 Å². The van der Waals surface area contributed by atoms with E-state index in [4.69, 9.17) is 16.3 Å². The van der Waals surface area contributed by atoms with Crippen molar-refractivity contribution in [1.29, 1.82) is 0 Å².